The van der Waals surface area contributed by atoms with Crippen LogP contribution in [0.4, 0.5) is 8.78 Å². The van der Waals surface area contributed by atoms with Gasteiger partial charge in [-0.3, -0.25) is 9.36 Å². The maximum absolute atomic E-state index is 14.5. The minimum absolute atomic E-state index is 0.0483. The first-order chi connectivity index (χ1) is 13.5. The fraction of sp³-hybridized carbons (Fsp3) is 0.300. The normalized spacial score (nSPS) is 17.2. The van der Waals surface area contributed by atoms with Crippen LogP contribution in [0.5, 0.6) is 0 Å². The molecular weight excluding hydrogens is 406 g/mol. The highest BCUT2D eigenvalue weighted by atomic mass is 35.5. The summed E-state index contributed by atoms with van der Waals surface area (Å²) in [5.41, 5.74) is -0.0295. The molecule has 4 rings (SSSR count). The van der Waals surface area contributed by atoms with Crippen molar-refractivity contribution < 1.29 is 13.5 Å². The molecular formula is C20H17ClF2N2O2S. The lowest BCUT2D eigenvalue weighted by molar-refractivity contribution is 0.0315. The number of thioether (sulfide) groups is 1. The van der Waals surface area contributed by atoms with Gasteiger partial charge in [0.1, 0.15) is 11.6 Å². The summed E-state index contributed by atoms with van der Waals surface area (Å²) in [7, 11) is 0. The lowest BCUT2D eigenvalue weighted by Crippen LogP contribution is -2.25. The van der Waals surface area contributed by atoms with Gasteiger partial charge in [0.2, 0.25) is 0 Å². The standard InChI is InChI=1S/C20H17ClF2N2O2S/c21-12-4-6-17-15(9-12)19(26)25(18-7-5-13(22)10-16(18)23)20(24-17)28-11-14-3-1-2-8-27-14/h4-7,9-10,14H,1-3,8,11H2/t14-/m0/s1. The zero-order chi connectivity index (χ0) is 19.7. The molecule has 2 heterocycles. The fourth-order valence-electron chi connectivity index (χ4n) is 3.22. The Morgan fingerprint density at radius 2 is 2.07 bits per heavy atom. The molecule has 1 aromatic heterocycles. The molecule has 0 unspecified atom stereocenters. The number of aromatic nitrogens is 2. The van der Waals surface area contributed by atoms with E-state index < -0.39 is 17.2 Å². The van der Waals surface area contributed by atoms with E-state index in [9.17, 15) is 13.6 Å². The molecule has 146 valence electrons. The third-order valence-corrected chi connectivity index (χ3v) is 5.93. The number of rotatable bonds is 4. The van der Waals surface area contributed by atoms with E-state index in [2.05, 4.69) is 4.98 Å². The summed E-state index contributed by atoms with van der Waals surface area (Å²) in [5, 5.41) is 0.988. The average molecular weight is 423 g/mol. The van der Waals surface area contributed by atoms with Gasteiger partial charge in [0, 0.05) is 23.4 Å². The van der Waals surface area contributed by atoms with Gasteiger partial charge in [-0.15, -0.1) is 0 Å². The van der Waals surface area contributed by atoms with E-state index in [-0.39, 0.29) is 17.2 Å². The Hall–Kier alpha value is -1.96. The Kier molecular flexibility index (Phi) is 5.66. The number of ether oxygens (including phenoxy) is 1. The molecule has 1 atom stereocenters. The van der Waals surface area contributed by atoms with Crippen molar-refractivity contribution in [3.05, 3.63) is 63.4 Å². The monoisotopic (exact) mass is 422 g/mol. The van der Waals surface area contributed by atoms with Crippen molar-refractivity contribution in [2.45, 2.75) is 30.5 Å². The molecule has 0 bridgehead atoms. The third kappa shape index (κ3) is 3.92. The summed E-state index contributed by atoms with van der Waals surface area (Å²) in [6, 6.07) is 7.92. The van der Waals surface area contributed by atoms with E-state index in [1.54, 1.807) is 12.1 Å². The van der Waals surface area contributed by atoms with Crippen LogP contribution in [0.3, 0.4) is 0 Å². The molecule has 1 saturated heterocycles. The molecule has 8 heteroatoms. The number of hydrogen-bond acceptors (Lipinski definition) is 4. The number of hydrogen-bond donors (Lipinski definition) is 0. The zero-order valence-electron chi connectivity index (χ0n) is 14.8. The van der Waals surface area contributed by atoms with E-state index in [1.807, 2.05) is 0 Å². The maximum atomic E-state index is 14.5. The van der Waals surface area contributed by atoms with Crippen LogP contribution < -0.4 is 5.56 Å². The minimum Gasteiger partial charge on any atom is -0.377 e. The van der Waals surface area contributed by atoms with Gasteiger partial charge in [0.05, 0.1) is 22.7 Å². The Morgan fingerprint density at radius 1 is 1.21 bits per heavy atom. The van der Waals surface area contributed by atoms with E-state index >= 15 is 0 Å². The Labute approximate surface area is 169 Å². The Morgan fingerprint density at radius 3 is 2.82 bits per heavy atom. The number of halogens is 3. The SMILES string of the molecule is O=c1c2cc(Cl)ccc2nc(SC[C@@H]2CCCCO2)n1-c1ccc(F)cc1F. The summed E-state index contributed by atoms with van der Waals surface area (Å²) in [6.45, 7) is 0.717. The van der Waals surface area contributed by atoms with Gasteiger partial charge in [-0.05, 0) is 49.6 Å². The minimum atomic E-state index is -0.832. The van der Waals surface area contributed by atoms with Crippen LogP contribution in [0.15, 0.2) is 46.3 Å². The lowest BCUT2D eigenvalue weighted by atomic mass is 10.1. The second-order valence-corrected chi connectivity index (χ2v) is 8.02. The van der Waals surface area contributed by atoms with Gasteiger partial charge in [0.15, 0.2) is 5.16 Å². The van der Waals surface area contributed by atoms with Crippen LogP contribution in [0, 0.1) is 11.6 Å². The lowest BCUT2D eigenvalue weighted by Gasteiger charge is -2.22. The smallest absolute Gasteiger partial charge is 0.266 e. The van der Waals surface area contributed by atoms with Gasteiger partial charge in [-0.25, -0.2) is 13.8 Å². The van der Waals surface area contributed by atoms with Crippen molar-refractivity contribution >= 4 is 34.3 Å². The second kappa shape index (κ2) is 8.19. The molecule has 0 N–H and O–H groups in total. The highest BCUT2D eigenvalue weighted by Gasteiger charge is 2.20. The van der Waals surface area contributed by atoms with E-state index in [0.717, 1.165) is 31.4 Å². The average Bonchev–Trinajstić information content (AvgIpc) is 2.69. The summed E-state index contributed by atoms with van der Waals surface area (Å²) in [4.78, 5) is 17.7. The van der Waals surface area contributed by atoms with Gasteiger partial charge in [-0.1, -0.05) is 23.4 Å². The van der Waals surface area contributed by atoms with Gasteiger partial charge in [-0.2, -0.15) is 0 Å². The second-order valence-electron chi connectivity index (χ2n) is 6.59. The number of nitrogens with zero attached hydrogens (tertiary/aromatic N) is 2. The van der Waals surface area contributed by atoms with E-state index in [4.69, 9.17) is 16.3 Å². The summed E-state index contributed by atoms with van der Waals surface area (Å²) in [6.07, 6.45) is 3.13. The zero-order valence-corrected chi connectivity index (χ0v) is 16.4. The summed E-state index contributed by atoms with van der Waals surface area (Å²) in [5.74, 6) is -0.953. The van der Waals surface area contributed by atoms with E-state index in [0.29, 0.717) is 28.1 Å². The van der Waals surface area contributed by atoms with Crippen molar-refractivity contribution in [1.29, 1.82) is 0 Å². The van der Waals surface area contributed by atoms with Crippen LogP contribution in [0.25, 0.3) is 16.6 Å². The maximum Gasteiger partial charge on any atom is 0.266 e. The Balaban J connectivity index is 1.83. The molecule has 4 nitrogen and oxygen atoms in total. The topological polar surface area (TPSA) is 44.1 Å². The molecule has 0 aliphatic carbocycles. The van der Waals surface area contributed by atoms with Gasteiger partial charge < -0.3 is 4.74 Å². The van der Waals surface area contributed by atoms with E-state index in [1.165, 1.54) is 28.5 Å². The quantitative estimate of drug-likeness (QED) is 0.439. The number of fused-ring (bicyclic) bond motifs is 1. The highest BCUT2D eigenvalue weighted by molar-refractivity contribution is 7.99. The van der Waals surface area contributed by atoms with Crippen molar-refractivity contribution in [1.82, 2.24) is 9.55 Å². The molecule has 0 saturated carbocycles. The molecule has 0 spiro atoms. The molecule has 0 amide bonds. The largest absolute Gasteiger partial charge is 0.377 e. The van der Waals surface area contributed by atoms with Crippen molar-refractivity contribution in [2.75, 3.05) is 12.4 Å². The predicted molar refractivity (Wildman–Crippen MR) is 107 cm³/mol. The molecule has 1 fully saturated rings. The van der Waals surface area contributed by atoms with Gasteiger partial charge >= 0.3 is 0 Å². The first-order valence-electron chi connectivity index (χ1n) is 8.95. The molecule has 3 aromatic rings. The first kappa shape index (κ1) is 19.4. The fourth-order valence-corrected chi connectivity index (χ4v) is 4.46. The van der Waals surface area contributed by atoms with Crippen LogP contribution in [-0.4, -0.2) is 28.0 Å². The number of benzene rings is 2. The Bertz CT molecular complexity index is 1080. The molecule has 1 aliphatic rings. The van der Waals surface area contributed by atoms with Crippen LogP contribution in [0.1, 0.15) is 19.3 Å². The summed E-state index contributed by atoms with van der Waals surface area (Å²) >= 11 is 7.35. The van der Waals surface area contributed by atoms with Crippen LogP contribution in [0.2, 0.25) is 5.02 Å². The first-order valence-corrected chi connectivity index (χ1v) is 10.3. The molecule has 0 radical (unpaired) electrons. The van der Waals surface area contributed by atoms with Crippen LogP contribution >= 0.6 is 23.4 Å². The highest BCUT2D eigenvalue weighted by Crippen LogP contribution is 2.27. The van der Waals surface area contributed by atoms with Gasteiger partial charge in [0.25, 0.3) is 5.56 Å². The van der Waals surface area contributed by atoms with Crippen molar-refractivity contribution in [3.8, 4) is 5.69 Å². The van der Waals surface area contributed by atoms with Crippen molar-refractivity contribution in [2.24, 2.45) is 0 Å². The van der Waals surface area contributed by atoms with Crippen LogP contribution in [-0.2, 0) is 4.74 Å². The summed E-state index contributed by atoms with van der Waals surface area (Å²) < 4.78 is 34.8. The molecule has 28 heavy (non-hydrogen) atoms. The molecule has 2 aromatic carbocycles. The van der Waals surface area contributed by atoms with Crippen molar-refractivity contribution in [3.63, 3.8) is 0 Å². The predicted octanol–water partition coefficient (Wildman–Crippen LogP) is 4.98. The third-order valence-electron chi connectivity index (χ3n) is 4.62. The molecule has 1 aliphatic heterocycles.